The van der Waals surface area contributed by atoms with Gasteiger partial charge in [-0.05, 0) is 41.5 Å². The van der Waals surface area contributed by atoms with Crippen molar-refractivity contribution in [1.82, 2.24) is 10.2 Å². The van der Waals surface area contributed by atoms with Crippen LogP contribution in [0.15, 0.2) is 53.4 Å². The van der Waals surface area contributed by atoms with Crippen LogP contribution in [0.3, 0.4) is 0 Å². The van der Waals surface area contributed by atoms with Crippen molar-refractivity contribution in [3.63, 3.8) is 0 Å². The van der Waals surface area contributed by atoms with Gasteiger partial charge in [0.25, 0.3) is 0 Å². The van der Waals surface area contributed by atoms with Crippen molar-refractivity contribution < 1.29 is 9.90 Å². The van der Waals surface area contributed by atoms with Crippen LogP contribution in [0.5, 0.6) is 0 Å². The van der Waals surface area contributed by atoms with Gasteiger partial charge in [-0.1, -0.05) is 36.4 Å². The fourth-order valence-electron chi connectivity index (χ4n) is 3.19. The first-order chi connectivity index (χ1) is 12.2. The number of aliphatic hydroxyl groups excluding tert-OH is 1. The normalized spacial score (nSPS) is 16.3. The zero-order valence-corrected chi connectivity index (χ0v) is 15.3. The third kappa shape index (κ3) is 4.42. The van der Waals surface area contributed by atoms with E-state index in [9.17, 15) is 9.90 Å². The molecule has 2 aromatic carbocycles. The summed E-state index contributed by atoms with van der Waals surface area (Å²) >= 11 is 1.70. The maximum absolute atomic E-state index is 13.0. The number of hydrogen-bond acceptors (Lipinski definition) is 4. The van der Waals surface area contributed by atoms with Crippen LogP contribution in [-0.2, 0) is 24.3 Å². The lowest BCUT2D eigenvalue weighted by atomic mass is 9.95. The minimum absolute atomic E-state index is 0.0298. The number of aliphatic hydroxyl groups is 1. The van der Waals surface area contributed by atoms with Crippen molar-refractivity contribution in [3.8, 4) is 0 Å². The highest BCUT2D eigenvalue weighted by atomic mass is 32.2. The van der Waals surface area contributed by atoms with Gasteiger partial charge in [0, 0.05) is 24.5 Å². The number of nitrogens with one attached hydrogen (secondary N) is 1. The molecule has 2 aromatic rings. The Morgan fingerprint density at radius 1 is 1.20 bits per heavy atom. The summed E-state index contributed by atoms with van der Waals surface area (Å²) in [6, 6.07) is 16.2. The van der Waals surface area contributed by atoms with E-state index in [-0.39, 0.29) is 18.6 Å². The SMILES string of the molecule is CSc1ccc(CN(CCO)C(=O)[C@H]2Cc3ccccc3CN2)cc1. The summed E-state index contributed by atoms with van der Waals surface area (Å²) in [7, 11) is 0. The second kappa shape index (κ2) is 8.52. The smallest absolute Gasteiger partial charge is 0.240 e. The molecular formula is C20H24N2O2S. The van der Waals surface area contributed by atoms with E-state index >= 15 is 0 Å². The summed E-state index contributed by atoms with van der Waals surface area (Å²) in [5.74, 6) is 0.0532. The number of fused-ring (bicyclic) bond motifs is 1. The lowest BCUT2D eigenvalue weighted by Gasteiger charge is -2.31. The summed E-state index contributed by atoms with van der Waals surface area (Å²) in [5, 5.41) is 12.7. The van der Waals surface area contributed by atoms with Gasteiger partial charge in [-0.2, -0.15) is 0 Å². The fourth-order valence-corrected chi connectivity index (χ4v) is 3.60. The Morgan fingerprint density at radius 3 is 2.60 bits per heavy atom. The minimum atomic E-state index is -0.230. The van der Waals surface area contributed by atoms with Crippen molar-refractivity contribution in [3.05, 3.63) is 65.2 Å². The third-order valence-electron chi connectivity index (χ3n) is 4.59. The van der Waals surface area contributed by atoms with E-state index in [0.29, 0.717) is 26.1 Å². The number of nitrogens with zero attached hydrogens (tertiary/aromatic N) is 1. The molecule has 0 aromatic heterocycles. The molecule has 0 saturated carbocycles. The molecule has 3 rings (SSSR count). The molecule has 2 N–H and O–H groups in total. The van der Waals surface area contributed by atoms with Gasteiger partial charge in [0.1, 0.15) is 0 Å². The van der Waals surface area contributed by atoms with E-state index in [1.165, 1.54) is 16.0 Å². The maximum Gasteiger partial charge on any atom is 0.240 e. The Bertz CT molecular complexity index is 718. The molecule has 4 nitrogen and oxygen atoms in total. The standard InChI is InChI=1S/C20H24N2O2S/c1-25-18-8-6-15(7-9-18)14-22(10-11-23)20(24)19-12-16-4-2-3-5-17(16)13-21-19/h2-9,19,21,23H,10-14H2,1H3/t19-/m1/s1. The van der Waals surface area contributed by atoms with E-state index in [2.05, 4.69) is 29.6 Å². The zero-order valence-electron chi connectivity index (χ0n) is 14.4. The molecule has 0 bridgehead atoms. The number of rotatable bonds is 6. The summed E-state index contributed by atoms with van der Waals surface area (Å²) in [6.45, 7) is 1.55. The predicted molar refractivity (Wildman–Crippen MR) is 101 cm³/mol. The van der Waals surface area contributed by atoms with Gasteiger partial charge in [0.05, 0.1) is 12.6 Å². The fraction of sp³-hybridized carbons (Fsp3) is 0.350. The molecule has 0 radical (unpaired) electrons. The molecular weight excluding hydrogens is 332 g/mol. The Labute approximate surface area is 153 Å². The van der Waals surface area contributed by atoms with Crippen molar-refractivity contribution >= 4 is 17.7 Å². The molecule has 1 aliphatic rings. The average molecular weight is 356 g/mol. The number of benzene rings is 2. The monoisotopic (exact) mass is 356 g/mol. The molecule has 1 atom stereocenters. The van der Waals surface area contributed by atoms with Gasteiger partial charge in [0.15, 0.2) is 0 Å². The summed E-state index contributed by atoms with van der Waals surface area (Å²) in [4.78, 5) is 15.9. The quantitative estimate of drug-likeness (QED) is 0.781. The van der Waals surface area contributed by atoms with E-state index < -0.39 is 0 Å². The second-order valence-electron chi connectivity index (χ2n) is 6.24. The number of carbonyl (C=O) groups excluding carboxylic acids is 1. The minimum Gasteiger partial charge on any atom is -0.395 e. The van der Waals surface area contributed by atoms with Crippen molar-refractivity contribution in [2.75, 3.05) is 19.4 Å². The Morgan fingerprint density at radius 2 is 1.92 bits per heavy atom. The van der Waals surface area contributed by atoms with E-state index in [4.69, 9.17) is 0 Å². The van der Waals surface area contributed by atoms with Crippen LogP contribution in [0.4, 0.5) is 0 Å². The first-order valence-electron chi connectivity index (χ1n) is 8.54. The lowest BCUT2D eigenvalue weighted by Crippen LogP contribution is -2.49. The van der Waals surface area contributed by atoms with E-state index in [0.717, 1.165) is 5.56 Å². The molecule has 1 aliphatic heterocycles. The lowest BCUT2D eigenvalue weighted by molar-refractivity contribution is -0.134. The molecule has 0 spiro atoms. The van der Waals surface area contributed by atoms with Crippen molar-refractivity contribution in [2.45, 2.75) is 30.4 Å². The van der Waals surface area contributed by atoms with Crippen LogP contribution in [-0.4, -0.2) is 41.4 Å². The largest absolute Gasteiger partial charge is 0.395 e. The van der Waals surface area contributed by atoms with E-state index in [1.807, 2.05) is 30.5 Å². The number of amides is 1. The van der Waals surface area contributed by atoms with Crippen LogP contribution in [0.1, 0.15) is 16.7 Å². The highest BCUT2D eigenvalue weighted by Gasteiger charge is 2.27. The molecule has 0 fully saturated rings. The second-order valence-corrected chi connectivity index (χ2v) is 7.12. The van der Waals surface area contributed by atoms with Crippen molar-refractivity contribution in [1.29, 1.82) is 0 Å². The average Bonchev–Trinajstić information content (AvgIpc) is 2.67. The van der Waals surface area contributed by atoms with Crippen LogP contribution in [0.2, 0.25) is 0 Å². The first kappa shape index (κ1) is 18.0. The van der Waals surface area contributed by atoms with Crippen LogP contribution >= 0.6 is 11.8 Å². The molecule has 25 heavy (non-hydrogen) atoms. The summed E-state index contributed by atoms with van der Waals surface area (Å²) in [5.41, 5.74) is 3.57. The molecule has 0 unspecified atom stereocenters. The van der Waals surface area contributed by atoms with E-state index in [1.54, 1.807) is 16.7 Å². The molecule has 0 aliphatic carbocycles. The molecule has 0 saturated heterocycles. The van der Waals surface area contributed by atoms with Crippen LogP contribution in [0, 0.1) is 0 Å². The first-order valence-corrected chi connectivity index (χ1v) is 9.76. The molecule has 132 valence electrons. The Balaban J connectivity index is 1.70. The summed E-state index contributed by atoms with van der Waals surface area (Å²) < 4.78 is 0. The number of hydrogen-bond donors (Lipinski definition) is 2. The van der Waals surface area contributed by atoms with Gasteiger partial charge in [-0.3, -0.25) is 4.79 Å². The highest BCUT2D eigenvalue weighted by molar-refractivity contribution is 7.98. The molecule has 1 amide bonds. The highest BCUT2D eigenvalue weighted by Crippen LogP contribution is 2.19. The topological polar surface area (TPSA) is 52.6 Å². The Hall–Kier alpha value is -1.82. The number of thioether (sulfide) groups is 1. The van der Waals surface area contributed by atoms with Crippen LogP contribution in [0.25, 0.3) is 0 Å². The maximum atomic E-state index is 13.0. The van der Waals surface area contributed by atoms with Crippen LogP contribution < -0.4 is 5.32 Å². The predicted octanol–water partition coefficient (Wildman–Crippen LogP) is 2.44. The summed E-state index contributed by atoms with van der Waals surface area (Å²) in [6.07, 6.45) is 2.74. The van der Waals surface area contributed by atoms with Gasteiger partial charge in [0.2, 0.25) is 5.91 Å². The van der Waals surface area contributed by atoms with Gasteiger partial charge in [-0.25, -0.2) is 0 Å². The van der Waals surface area contributed by atoms with Gasteiger partial charge < -0.3 is 15.3 Å². The Kier molecular flexibility index (Phi) is 6.13. The van der Waals surface area contributed by atoms with Gasteiger partial charge >= 0.3 is 0 Å². The van der Waals surface area contributed by atoms with Gasteiger partial charge in [-0.15, -0.1) is 11.8 Å². The molecule has 5 heteroatoms. The van der Waals surface area contributed by atoms with Crippen molar-refractivity contribution in [2.24, 2.45) is 0 Å². The molecule has 1 heterocycles. The number of carbonyl (C=O) groups is 1. The zero-order chi connectivity index (χ0) is 17.6. The third-order valence-corrected chi connectivity index (χ3v) is 5.34.